The lowest BCUT2D eigenvalue weighted by atomic mass is 9.49. The Bertz CT molecular complexity index is 805. The number of amides is 1. The topological polar surface area (TPSA) is 68.3 Å². The summed E-state index contributed by atoms with van der Waals surface area (Å²) in [5, 5.41) is 3.19. The molecule has 4 saturated carbocycles. The van der Waals surface area contributed by atoms with Crippen LogP contribution in [0.25, 0.3) is 0 Å². The Kier molecular flexibility index (Phi) is 5.43. The Hall–Kier alpha value is -0.850. The fourth-order valence-corrected chi connectivity index (χ4v) is 7.80. The van der Waals surface area contributed by atoms with Gasteiger partial charge in [-0.1, -0.05) is 39.1 Å². The van der Waals surface area contributed by atoms with Crippen LogP contribution < -0.4 is 5.32 Å². The van der Waals surface area contributed by atoms with E-state index in [1.54, 1.807) is 6.92 Å². The van der Waals surface area contributed by atoms with Gasteiger partial charge >= 0.3 is 5.97 Å². The smallest absolute Gasteiger partial charge is 0.307 e. The lowest BCUT2D eigenvalue weighted by Gasteiger charge is -2.60. The Labute approximate surface area is 183 Å². The first kappa shape index (κ1) is 20.4. The minimum absolute atomic E-state index is 0.0158. The van der Waals surface area contributed by atoms with Crippen LogP contribution in [-0.4, -0.2) is 27.3 Å². The summed E-state index contributed by atoms with van der Waals surface area (Å²) < 4.78 is 5.65. The summed E-state index contributed by atoms with van der Waals surface area (Å²) in [4.78, 5) is 29.0. The van der Waals surface area contributed by atoms with Gasteiger partial charge < -0.3 is 10.1 Å². The first-order valence-corrected chi connectivity index (χ1v) is 11.2. The number of halogens is 3. The molecule has 1 aromatic rings. The van der Waals surface area contributed by atoms with Gasteiger partial charge in [0.1, 0.15) is 0 Å². The molecular weight excluding hydrogens is 467 g/mol. The average Bonchev–Trinajstić information content (AvgIpc) is 2.54. The summed E-state index contributed by atoms with van der Waals surface area (Å²) in [6, 6.07) is 1.49. The van der Waals surface area contributed by atoms with Crippen LogP contribution in [0.4, 0.5) is 5.82 Å². The number of anilines is 1. The van der Waals surface area contributed by atoms with Crippen molar-refractivity contribution in [2.24, 2.45) is 17.3 Å². The largest absolute Gasteiger partial charge is 0.453 e. The van der Waals surface area contributed by atoms with Crippen molar-refractivity contribution in [1.82, 2.24) is 4.98 Å². The van der Waals surface area contributed by atoms with Crippen molar-refractivity contribution in [2.75, 3.05) is 5.32 Å². The third-order valence-corrected chi connectivity index (χ3v) is 7.78. The molecule has 152 valence electrons. The van der Waals surface area contributed by atoms with E-state index in [0.29, 0.717) is 23.3 Å². The second kappa shape index (κ2) is 7.44. The molecule has 0 unspecified atom stereocenters. The van der Waals surface area contributed by atoms with E-state index in [2.05, 4.69) is 26.2 Å². The van der Waals surface area contributed by atoms with E-state index in [9.17, 15) is 9.59 Å². The van der Waals surface area contributed by atoms with E-state index >= 15 is 0 Å². The highest BCUT2D eigenvalue weighted by atomic mass is 79.9. The van der Waals surface area contributed by atoms with Gasteiger partial charge in [0.2, 0.25) is 0 Å². The van der Waals surface area contributed by atoms with Crippen molar-refractivity contribution in [3.05, 3.63) is 22.3 Å². The highest BCUT2D eigenvalue weighted by molar-refractivity contribution is 9.10. The maximum atomic E-state index is 12.6. The van der Waals surface area contributed by atoms with Gasteiger partial charge in [-0.25, -0.2) is 4.98 Å². The summed E-state index contributed by atoms with van der Waals surface area (Å²) in [7, 11) is 0. The Morgan fingerprint density at radius 3 is 2.61 bits per heavy atom. The van der Waals surface area contributed by atoms with Crippen LogP contribution in [0.3, 0.4) is 0 Å². The highest BCUT2D eigenvalue weighted by Crippen LogP contribution is 2.65. The van der Waals surface area contributed by atoms with Crippen LogP contribution in [0, 0.1) is 17.3 Å². The first-order valence-electron chi connectivity index (χ1n) is 9.66. The molecule has 5 rings (SSSR count). The number of rotatable bonds is 5. The van der Waals surface area contributed by atoms with Gasteiger partial charge in [-0.3, -0.25) is 9.59 Å². The number of ether oxygens (including phenoxy) is 1. The summed E-state index contributed by atoms with van der Waals surface area (Å²) in [5.74, 6) is 0.823. The zero-order valence-corrected chi connectivity index (χ0v) is 18.7. The summed E-state index contributed by atoms with van der Waals surface area (Å²) in [5.41, 5.74) is 0.0158. The molecule has 1 aromatic heterocycles. The Morgan fingerprint density at radius 1 is 1.32 bits per heavy atom. The van der Waals surface area contributed by atoms with E-state index in [-0.39, 0.29) is 26.5 Å². The number of alkyl halides is 1. The molecule has 4 aliphatic rings. The number of carbonyl (C=O) groups is 2. The van der Waals surface area contributed by atoms with Gasteiger partial charge in [-0.15, -0.1) is 0 Å². The minimum atomic E-state index is -0.923. The molecule has 0 radical (unpaired) electrons. The molecule has 4 bridgehead atoms. The molecule has 28 heavy (non-hydrogen) atoms. The van der Waals surface area contributed by atoms with E-state index < -0.39 is 12.0 Å². The Morgan fingerprint density at radius 2 is 2.00 bits per heavy atom. The number of aromatic nitrogens is 1. The average molecular weight is 490 g/mol. The zero-order valence-electron chi connectivity index (χ0n) is 15.6. The van der Waals surface area contributed by atoms with E-state index in [1.165, 1.54) is 31.5 Å². The van der Waals surface area contributed by atoms with Crippen molar-refractivity contribution < 1.29 is 14.3 Å². The van der Waals surface area contributed by atoms with Crippen LogP contribution in [0.15, 0.2) is 12.3 Å². The molecule has 3 atom stereocenters. The molecular formula is C20H23BrCl2N2O3. The quantitative estimate of drug-likeness (QED) is 0.445. The normalized spacial score (nSPS) is 34.1. The number of hydrogen-bond donors (Lipinski definition) is 1. The van der Waals surface area contributed by atoms with Crippen molar-refractivity contribution >= 4 is 56.8 Å². The van der Waals surface area contributed by atoms with Crippen molar-refractivity contribution in [2.45, 2.75) is 62.3 Å². The molecule has 5 nitrogen and oxygen atoms in total. The van der Waals surface area contributed by atoms with Crippen LogP contribution in [-0.2, 0) is 14.3 Å². The third-order valence-electron chi connectivity index (χ3n) is 6.36. The molecule has 1 heterocycles. The van der Waals surface area contributed by atoms with Gasteiger partial charge in [0.25, 0.3) is 5.91 Å². The molecule has 0 saturated heterocycles. The summed E-state index contributed by atoms with van der Waals surface area (Å²) >= 11 is 15.8. The minimum Gasteiger partial charge on any atom is -0.453 e. The Balaban J connectivity index is 1.35. The van der Waals surface area contributed by atoms with Crippen LogP contribution in [0.1, 0.15) is 51.9 Å². The predicted octanol–water partition coefficient (Wildman–Crippen LogP) is 5.38. The molecule has 0 aromatic carbocycles. The number of pyridine rings is 1. The van der Waals surface area contributed by atoms with E-state index in [4.69, 9.17) is 27.9 Å². The van der Waals surface area contributed by atoms with Crippen LogP contribution in [0.5, 0.6) is 0 Å². The summed E-state index contributed by atoms with van der Waals surface area (Å²) in [6.45, 7) is 1.56. The molecule has 0 aliphatic heterocycles. The number of nitrogens with zero attached hydrogens (tertiary/aromatic N) is 1. The standard InChI is InChI=1S/C20H23BrCl2N2O3/c1-11(18(27)25-17-15(23)3-14(22)9-24-17)28-16(26)8-19-4-12-2-13(5-19)7-20(21,6-12)10-19/h3,9,11-13H,2,4-8,10H2,1H3,(H,24,25,27)/t11-,12+,13+,19?,20?/m0/s1. The molecule has 1 amide bonds. The molecule has 0 spiro atoms. The highest BCUT2D eigenvalue weighted by Gasteiger charge is 2.57. The fraction of sp³-hybridized carbons (Fsp3) is 0.650. The first-order chi connectivity index (χ1) is 13.2. The van der Waals surface area contributed by atoms with Crippen molar-refractivity contribution in [3.63, 3.8) is 0 Å². The van der Waals surface area contributed by atoms with Gasteiger partial charge in [-0.2, -0.15) is 0 Å². The molecule has 4 aliphatic carbocycles. The van der Waals surface area contributed by atoms with Crippen molar-refractivity contribution in [3.8, 4) is 0 Å². The molecule has 1 N–H and O–H groups in total. The number of nitrogens with one attached hydrogen (secondary N) is 1. The predicted molar refractivity (Wildman–Crippen MR) is 112 cm³/mol. The number of carbonyl (C=O) groups excluding carboxylic acids is 2. The maximum absolute atomic E-state index is 12.6. The maximum Gasteiger partial charge on any atom is 0.307 e. The van der Waals surface area contributed by atoms with Gasteiger partial charge in [0.05, 0.1) is 16.5 Å². The van der Waals surface area contributed by atoms with Crippen LogP contribution in [0.2, 0.25) is 10.0 Å². The summed E-state index contributed by atoms with van der Waals surface area (Å²) in [6.07, 6.45) is 7.78. The van der Waals surface area contributed by atoms with Crippen LogP contribution >= 0.6 is 39.1 Å². The molecule has 8 heteroatoms. The third kappa shape index (κ3) is 4.19. The van der Waals surface area contributed by atoms with E-state index in [1.807, 2.05) is 0 Å². The monoisotopic (exact) mass is 488 g/mol. The lowest BCUT2D eigenvalue weighted by Crippen LogP contribution is -2.53. The fourth-order valence-electron chi connectivity index (χ4n) is 5.87. The van der Waals surface area contributed by atoms with Crippen molar-refractivity contribution in [1.29, 1.82) is 0 Å². The lowest BCUT2D eigenvalue weighted by molar-refractivity contribution is -0.159. The zero-order chi connectivity index (χ0) is 20.1. The second-order valence-electron chi connectivity index (χ2n) is 8.89. The SMILES string of the molecule is C[C@H](OC(=O)CC12C[C@H]3C[C@@H](CC(Br)(C3)C1)C2)C(=O)Nc1ncc(Cl)cc1Cl. The molecule has 4 fully saturated rings. The number of esters is 1. The van der Waals surface area contributed by atoms with E-state index in [0.717, 1.165) is 19.3 Å². The van der Waals surface area contributed by atoms with Gasteiger partial charge in [0.15, 0.2) is 11.9 Å². The number of hydrogen-bond acceptors (Lipinski definition) is 4. The second-order valence-corrected chi connectivity index (χ2v) is 11.4. The van der Waals surface area contributed by atoms with Gasteiger partial charge in [0, 0.05) is 10.5 Å². The van der Waals surface area contributed by atoms with Gasteiger partial charge in [-0.05, 0) is 68.8 Å².